The molecule has 0 bridgehead atoms. The molecule has 1 aromatic heterocycles. The summed E-state index contributed by atoms with van der Waals surface area (Å²) < 4.78 is 4.85. The van der Waals surface area contributed by atoms with Crippen molar-refractivity contribution in [2.45, 2.75) is 31.1 Å². The van der Waals surface area contributed by atoms with Crippen molar-refractivity contribution in [1.29, 1.82) is 0 Å². The molecular formula is C9H14N2O. The molecule has 2 N–H and O–H groups in total. The van der Waals surface area contributed by atoms with Gasteiger partial charge in [-0.05, 0) is 12.8 Å². The van der Waals surface area contributed by atoms with Crippen LogP contribution in [-0.4, -0.2) is 11.7 Å². The van der Waals surface area contributed by atoms with Gasteiger partial charge in [-0.1, -0.05) is 18.0 Å². The van der Waals surface area contributed by atoms with Crippen molar-refractivity contribution in [3.8, 4) is 0 Å². The lowest BCUT2D eigenvalue weighted by molar-refractivity contribution is 0.366. The molecule has 0 aromatic carbocycles. The van der Waals surface area contributed by atoms with Gasteiger partial charge in [0, 0.05) is 18.0 Å². The normalized spacial score (nSPS) is 21.4. The molecule has 3 heteroatoms. The van der Waals surface area contributed by atoms with Gasteiger partial charge in [-0.15, -0.1) is 0 Å². The highest BCUT2D eigenvalue weighted by atomic mass is 16.5. The molecule has 0 amide bonds. The summed E-state index contributed by atoms with van der Waals surface area (Å²) in [5, 5.41) is 3.99. The van der Waals surface area contributed by atoms with Crippen molar-refractivity contribution in [3.05, 3.63) is 18.0 Å². The summed E-state index contributed by atoms with van der Waals surface area (Å²) in [6.45, 7) is 0.694. The van der Waals surface area contributed by atoms with E-state index in [9.17, 15) is 0 Å². The molecule has 1 aromatic rings. The lowest BCUT2D eigenvalue weighted by Crippen LogP contribution is -2.32. The molecule has 2 rings (SSSR count). The van der Waals surface area contributed by atoms with Crippen molar-refractivity contribution in [1.82, 2.24) is 5.16 Å². The summed E-state index contributed by atoms with van der Waals surface area (Å²) in [5.41, 5.74) is 6.95. The molecule has 1 saturated carbocycles. The van der Waals surface area contributed by atoms with Gasteiger partial charge >= 0.3 is 0 Å². The smallest absolute Gasteiger partial charge is 0.124 e. The van der Waals surface area contributed by atoms with Crippen molar-refractivity contribution >= 4 is 0 Å². The molecule has 1 heterocycles. The van der Waals surface area contributed by atoms with E-state index in [1.54, 1.807) is 6.26 Å². The molecule has 66 valence electrons. The SMILES string of the molecule is NCC1(c2ccon2)CCCC1. The highest BCUT2D eigenvalue weighted by Crippen LogP contribution is 2.39. The van der Waals surface area contributed by atoms with Crippen molar-refractivity contribution < 1.29 is 4.52 Å². The van der Waals surface area contributed by atoms with Crippen LogP contribution in [0.3, 0.4) is 0 Å². The van der Waals surface area contributed by atoms with Gasteiger partial charge in [0.1, 0.15) is 6.26 Å². The monoisotopic (exact) mass is 166 g/mol. The second-order valence-electron chi connectivity index (χ2n) is 3.58. The highest BCUT2D eigenvalue weighted by Gasteiger charge is 2.36. The summed E-state index contributed by atoms with van der Waals surface area (Å²) in [4.78, 5) is 0. The van der Waals surface area contributed by atoms with Gasteiger partial charge in [-0.3, -0.25) is 0 Å². The van der Waals surface area contributed by atoms with E-state index in [0.29, 0.717) is 6.54 Å². The van der Waals surface area contributed by atoms with Crippen LogP contribution in [0.1, 0.15) is 31.4 Å². The third kappa shape index (κ3) is 1.05. The van der Waals surface area contributed by atoms with Gasteiger partial charge in [-0.25, -0.2) is 0 Å². The van der Waals surface area contributed by atoms with Crippen LogP contribution < -0.4 is 5.73 Å². The molecule has 0 spiro atoms. The molecule has 12 heavy (non-hydrogen) atoms. The van der Waals surface area contributed by atoms with Crippen LogP contribution in [0.2, 0.25) is 0 Å². The highest BCUT2D eigenvalue weighted by molar-refractivity contribution is 5.16. The van der Waals surface area contributed by atoms with Crippen LogP contribution in [0.15, 0.2) is 16.9 Å². The van der Waals surface area contributed by atoms with E-state index < -0.39 is 0 Å². The Labute approximate surface area is 71.9 Å². The second-order valence-corrected chi connectivity index (χ2v) is 3.58. The predicted octanol–water partition coefficient (Wildman–Crippen LogP) is 1.45. The third-order valence-corrected chi connectivity index (χ3v) is 2.93. The van der Waals surface area contributed by atoms with Gasteiger partial charge in [0.05, 0.1) is 5.69 Å². The van der Waals surface area contributed by atoms with E-state index in [1.165, 1.54) is 12.8 Å². The summed E-state index contributed by atoms with van der Waals surface area (Å²) in [5.74, 6) is 0. The number of nitrogens with zero attached hydrogens (tertiary/aromatic N) is 1. The van der Waals surface area contributed by atoms with E-state index >= 15 is 0 Å². The largest absolute Gasteiger partial charge is 0.364 e. The van der Waals surface area contributed by atoms with Crippen LogP contribution in [0, 0.1) is 0 Å². The molecule has 0 unspecified atom stereocenters. The van der Waals surface area contributed by atoms with Crippen LogP contribution >= 0.6 is 0 Å². The average Bonchev–Trinajstić information content (AvgIpc) is 2.76. The maximum Gasteiger partial charge on any atom is 0.124 e. The molecule has 1 fully saturated rings. The molecule has 1 aliphatic rings. The fraction of sp³-hybridized carbons (Fsp3) is 0.667. The minimum atomic E-state index is 0.132. The Balaban J connectivity index is 2.28. The van der Waals surface area contributed by atoms with E-state index in [2.05, 4.69) is 5.16 Å². The minimum Gasteiger partial charge on any atom is -0.364 e. The number of nitrogens with two attached hydrogens (primary N) is 1. The number of hydrogen-bond donors (Lipinski definition) is 1. The van der Waals surface area contributed by atoms with Crippen LogP contribution in [0.25, 0.3) is 0 Å². The fourth-order valence-corrected chi connectivity index (χ4v) is 2.10. The number of rotatable bonds is 2. The third-order valence-electron chi connectivity index (χ3n) is 2.93. The molecule has 1 aliphatic carbocycles. The van der Waals surface area contributed by atoms with Gasteiger partial charge in [0.25, 0.3) is 0 Å². The summed E-state index contributed by atoms with van der Waals surface area (Å²) >= 11 is 0. The Bertz CT molecular complexity index is 237. The van der Waals surface area contributed by atoms with Crippen molar-refractivity contribution in [2.75, 3.05) is 6.54 Å². The zero-order chi connectivity index (χ0) is 8.44. The summed E-state index contributed by atoms with van der Waals surface area (Å²) in [7, 11) is 0. The first kappa shape index (κ1) is 7.80. The Morgan fingerprint density at radius 2 is 2.25 bits per heavy atom. The van der Waals surface area contributed by atoms with E-state index in [4.69, 9.17) is 10.3 Å². The molecule has 0 aliphatic heterocycles. The lowest BCUT2D eigenvalue weighted by Gasteiger charge is -2.23. The standard InChI is InChI=1S/C9H14N2O/c10-7-9(4-1-2-5-9)8-3-6-12-11-8/h3,6H,1-2,4-5,7,10H2. The van der Waals surface area contributed by atoms with E-state index in [0.717, 1.165) is 18.5 Å². The maximum absolute atomic E-state index is 5.78. The summed E-state index contributed by atoms with van der Waals surface area (Å²) in [6.07, 6.45) is 6.49. The van der Waals surface area contributed by atoms with Gasteiger partial charge in [0.2, 0.25) is 0 Å². The summed E-state index contributed by atoms with van der Waals surface area (Å²) in [6, 6.07) is 1.94. The topological polar surface area (TPSA) is 52.0 Å². The molecule has 0 radical (unpaired) electrons. The van der Waals surface area contributed by atoms with E-state index in [-0.39, 0.29) is 5.41 Å². The lowest BCUT2D eigenvalue weighted by atomic mass is 9.83. The van der Waals surface area contributed by atoms with Crippen LogP contribution in [0.5, 0.6) is 0 Å². The maximum atomic E-state index is 5.78. The first-order valence-corrected chi connectivity index (χ1v) is 4.48. The van der Waals surface area contributed by atoms with Crippen LogP contribution in [0.4, 0.5) is 0 Å². The van der Waals surface area contributed by atoms with Crippen molar-refractivity contribution in [2.24, 2.45) is 5.73 Å². The van der Waals surface area contributed by atoms with Gasteiger partial charge in [-0.2, -0.15) is 0 Å². The molecule has 0 atom stereocenters. The zero-order valence-electron chi connectivity index (χ0n) is 7.12. The number of hydrogen-bond acceptors (Lipinski definition) is 3. The Hall–Kier alpha value is -0.830. The molecular weight excluding hydrogens is 152 g/mol. The second kappa shape index (κ2) is 2.90. The first-order chi connectivity index (χ1) is 5.87. The molecule has 3 nitrogen and oxygen atoms in total. The van der Waals surface area contributed by atoms with E-state index in [1.807, 2.05) is 6.07 Å². The predicted molar refractivity (Wildman–Crippen MR) is 45.7 cm³/mol. The zero-order valence-corrected chi connectivity index (χ0v) is 7.12. The number of aromatic nitrogens is 1. The Kier molecular flexibility index (Phi) is 1.89. The van der Waals surface area contributed by atoms with Crippen molar-refractivity contribution in [3.63, 3.8) is 0 Å². The first-order valence-electron chi connectivity index (χ1n) is 4.48. The van der Waals surface area contributed by atoms with Gasteiger partial charge < -0.3 is 10.3 Å². The fourth-order valence-electron chi connectivity index (χ4n) is 2.10. The quantitative estimate of drug-likeness (QED) is 0.723. The Morgan fingerprint density at radius 1 is 1.50 bits per heavy atom. The average molecular weight is 166 g/mol. The minimum absolute atomic E-state index is 0.132. The Morgan fingerprint density at radius 3 is 2.75 bits per heavy atom. The van der Waals surface area contributed by atoms with Crippen LogP contribution in [-0.2, 0) is 5.41 Å². The molecule has 0 saturated heterocycles. The van der Waals surface area contributed by atoms with Gasteiger partial charge in [0.15, 0.2) is 0 Å².